The average Bonchev–Trinajstić information content (AvgIpc) is 2.90. The highest BCUT2D eigenvalue weighted by Gasteiger charge is 2.13. The normalized spacial score (nSPS) is 10.9. The van der Waals surface area contributed by atoms with Gasteiger partial charge in [0.2, 0.25) is 11.8 Å². The number of hydrogen-bond donors (Lipinski definition) is 2. The third kappa shape index (κ3) is 2.71. The molecule has 0 saturated carbocycles. The van der Waals surface area contributed by atoms with Crippen molar-refractivity contribution in [3.63, 3.8) is 0 Å². The Bertz CT molecular complexity index is 781. The molecule has 7 nitrogen and oxygen atoms in total. The molecule has 7 heteroatoms. The highest BCUT2D eigenvalue weighted by Crippen LogP contribution is 2.24. The number of ether oxygens (including phenoxy) is 1. The molecule has 3 N–H and O–H groups in total. The molecule has 114 valence electrons. The van der Waals surface area contributed by atoms with E-state index in [0.717, 1.165) is 16.9 Å². The highest BCUT2D eigenvalue weighted by molar-refractivity contribution is 5.78. The van der Waals surface area contributed by atoms with Crippen LogP contribution in [0.4, 0.5) is 11.6 Å². The summed E-state index contributed by atoms with van der Waals surface area (Å²) >= 11 is 0. The van der Waals surface area contributed by atoms with Crippen LogP contribution in [0.1, 0.15) is 12.5 Å². The predicted molar refractivity (Wildman–Crippen MR) is 85.1 cm³/mol. The van der Waals surface area contributed by atoms with Gasteiger partial charge in [-0.25, -0.2) is 4.98 Å². The summed E-state index contributed by atoms with van der Waals surface area (Å²) < 4.78 is 7.40. The van der Waals surface area contributed by atoms with Gasteiger partial charge < -0.3 is 20.4 Å². The zero-order valence-electron chi connectivity index (χ0n) is 12.6. The molecule has 3 rings (SSSR count). The Morgan fingerprint density at radius 3 is 2.68 bits per heavy atom. The molecule has 0 spiro atoms. The van der Waals surface area contributed by atoms with Crippen LogP contribution in [0.15, 0.2) is 30.6 Å². The Balaban J connectivity index is 1.96. The molecule has 0 unspecified atom stereocenters. The van der Waals surface area contributed by atoms with Crippen LogP contribution in [0.2, 0.25) is 0 Å². The third-order valence-corrected chi connectivity index (χ3v) is 3.25. The van der Waals surface area contributed by atoms with Gasteiger partial charge >= 0.3 is 0 Å². The van der Waals surface area contributed by atoms with Crippen LogP contribution in [0.25, 0.3) is 11.2 Å². The molecule has 0 aliphatic carbocycles. The second-order valence-corrected chi connectivity index (χ2v) is 4.84. The van der Waals surface area contributed by atoms with E-state index in [9.17, 15) is 0 Å². The number of fused-ring (bicyclic) bond motifs is 1. The minimum Gasteiger partial charge on any atom is -0.476 e. The number of aryl methyl sites for hydroxylation is 1. The molecule has 1 aromatic carbocycles. The molecule has 0 saturated heterocycles. The Kier molecular flexibility index (Phi) is 3.88. The number of nitrogens with two attached hydrogens (primary N) is 1. The van der Waals surface area contributed by atoms with Gasteiger partial charge in [-0.2, -0.15) is 9.97 Å². The van der Waals surface area contributed by atoms with E-state index < -0.39 is 0 Å². The average molecular weight is 298 g/mol. The minimum atomic E-state index is 0.472. The number of benzene rings is 1. The number of nitrogens with zero attached hydrogens (tertiary/aromatic N) is 4. The van der Waals surface area contributed by atoms with Gasteiger partial charge in [-0.3, -0.25) is 0 Å². The zero-order chi connectivity index (χ0) is 15.5. The third-order valence-electron chi connectivity index (χ3n) is 3.25. The van der Waals surface area contributed by atoms with Crippen molar-refractivity contribution in [2.45, 2.75) is 13.5 Å². The maximum absolute atomic E-state index is 5.60. The largest absolute Gasteiger partial charge is 0.476 e. The van der Waals surface area contributed by atoms with Crippen molar-refractivity contribution < 1.29 is 4.74 Å². The number of anilines is 2. The molecule has 0 atom stereocenters. The molecule has 2 heterocycles. The lowest BCUT2D eigenvalue weighted by Crippen LogP contribution is -2.03. The fraction of sp³-hybridized carbons (Fsp3) is 0.267. The van der Waals surface area contributed by atoms with E-state index in [1.54, 1.807) is 6.33 Å². The first-order chi connectivity index (χ1) is 10.7. The van der Waals surface area contributed by atoms with E-state index in [1.807, 2.05) is 42.8 Å². The maximum Gasteiger partial charge on any atom is 0.247 e. The molecule has 0 aliphatic rings. The summed E-state index contributed by atoms with van der Waals surface area (Å²) in [6.45, 7) is 2.95. The summed E-state index contributed by atoms with van der Waals surface area (Å²) in [6.07, 6.45) is 1.70. The highest BCUT2D eigenvalue weighted by atomic mass is 16.5. The summed E-state index contributed by atoms with van der Waals surface area (Å²) in [7, 11) is 1.89. The van der Waals surface area contributed by atoms with Crippen LogP contribution >= 0.6 is 0 Å². The SMILES string of the molecule is CCOc1nc(Nc2ccc(CN)cc2)nc2c1ncn2C. The van der Waals surface area contributed by atoms with Gasteiger partial charge in [0.05, 0.1) is 12.9 Å². The molecular weight excluding hydrogens is 280 g/mol. The van der Waals surface area contributed by atoms with Crippen LogP contribution in [0, 0.1) is 0 Å². The fourth-order valence-electron chi connectivity index (χ4n) is 2.13. The van der Waals surface area contributed by atoms with Crippen LogP contribution in [0.5, 0.6) is 5.88 Å². The van der Waals surface area contributed by atoms with Gasteiger partial charge in [0.15, 0.2) is 11.2 Å². The molecular formula is C15H18N6O. The van der Waals surface area contributed by atoms with Crippen molar-refractivity contribution >= 4 is 22.8 Å². The van der Waals surface area contributed by atoms with Crippen molar-refractivity contribution in [2.75, 3.05) is 11.9 Å². The van der Waals surface area contributed by atoms with E-state index >= 15 is 0 Å². The second kappa shape index (κ2) is 5.98. The molecule has 0 amide bonds. The molecule has 0 radical (unpaired) electrons. The topological polar surface area (TPSA) is 90.9 Å². The second-order valence-electron chi connectivity index (χ2n) is 4.84. The Labute approximate surface area is 128 Å². The van der Waals surface area contributed by atoms with E-state index in [1.165, 1.54) is 0 Å². The number of imidazole rings is 1. The Hall–Kier alpha value is -2.67. The lowest BCUT2D eigenvalue weighted by atomic mass is 10.2. The van der Waals surface area contributed by atoms with Crippen LogP contribution in [-0.2, 0) is 13.6 Å². The summed E-state index contributed by atoms with van der Waals surface area (Å²) in [4.78, 5) is 13.2. The Morgan fingerprint density at radius 2 is 2.00 bits per heavy atom. The van der Waals surface area contributed by atoms with Crippen molar-refractivity contribution in [3.8, 4) is 5.88 Å². The van der Waals surface area contributed by atoms with Crippen molar-refractivity contribution in [2.24, 2.45) is 12.8 Å². The number of hydrogen-bond acceptors (Lipinski definition) is 6. The molecule has 22 heavy (non-hydrogen) atoms. The number of rotatable bonds is 5. The van der Waals surface area contributed by atoms with Crippen LogP contribution < -0.4 is 15.8 Å². The minimum absolute atomic E-state index is 0.472. The number of nitrogens with one attached hydrogen (secondary N) is 1. The first kappa shape index (κ1) is 14.3. The van der Waals surface area contributed by atoms with E-state index in [2.05, 4.69) is 20.3 Å². The standard InChI is InChI=1S/C15H18N6O/c1-3-22-14-12-13(21(2)9-17-12)19-15(20-14)18-11-6-4-10(8-16)5-7-11/h4-7,9H,3,8,16H2,1-2H3,(H,18,19,20). The van der Waals surface area contributed by atoms with Crippen molar-refractivity contribution in [1.82, 2.24) is 19.5 Å². The smallest absolute Gasteiger partial charge is 0.247 e. The fourth-order valence-corrected chi connectivity index (χ4v) is 2.13. The summed E-state index contributed by atoms with van der Waals surface area (Å²) in [5.74, 6) is 0.953. The Morgan fingerprint density at radius 1 is 1.23 bits per heavy atom. The zero-order valence-corrected chi connectivity index (χ0v) is 12.6. The van der Waals surface area contributed by atoms with Gasteiger partial charge in [0.25, 0.3) is 0 Å². The summed E-state index contributed by atoms with van der Waals surface area (Å²) in [6, 6.07) is 7.82. The van der Waals surface area contributed by atoms with Gasteiger partial charge in [0, 0.05) is 19.3 Å². The lowest BCUT2D eigenvalue weighted by Gasteiger charge is -2.09. The quantitative estimate of drug-likeness (QED) is 0.748. The molecule has 2 aromatic heterocycles. The van der Waals surface area contributed by atoms with Gasteiger partial charge in [-0.1, -0.05) is 12.1 Å². The first-order valence-electron chi connectivity index (χ1n) is 7.09. The van der Waals surface area contributed by atoms with Gasteiger partial charge in [-0.05, 0) is 24.6 Å². The molecule has 0 fully saturated rings. The summed E-state index contributed by atoms with van der Waals surface area (Å²) in [5, 5.41) is 3.18. The monoisotopic (exact) mass is 298 g/mol. The van der Waals surface area contributed by atoms with Gasteiger partial charge in [-0.15, -0.1) is 0 Å². The van der Waals surface area contributed by atoms with E-state index in [4.69, 9.17) is 10.5 Å². The first-order valence-corrected chi connectivity index (χ1v) is 7.09. The van der Waals surface area contributed by atoms with E-state index in [-0.39, 0.29) is 0 Å². The molecule has 3 aromatic rings. The molecule has 0 aliphatic heterocycles. The van der Waals surface area contributed by atoms with Crippen molar-refractivity contribution in [1.29, 1.82) is 0 Å². The maximum atomic E-state index is 5.60. The number of aromatic nitrogens is 4. The lowest BCUT2D eigenvalue weighted by molar-refractivity contribution is 0.330. The van der Waals surface area contributed by atoms with Gasteiger partial charge in [0.1, 0.15) is 0 Å². The van der Waals surface area contributed by atoms with E-state index in [0.29, 0.717) is 30.5 Å². The van der Waals surface area contributed by atoms with Crippen LogP contribution in [-0.4, -0.2) is 26.1 Å². The van der Waals surface area contributed by atoms with Crippen LogP contribution in [0.3, 0.4) is 0 Å². The summed E-state index contributed by atoms with van der Waals surface area (Å²) in [5.41, 5.74) is 8.95. The van der Waals surface area contributed by atoms with Crippen molar-refractivity contribution in [3.05, 3.63) is 36.2 Å². The predicted octanol–water partition coefficient (Wildman–Crippen LogP) is 1.96. The molecule has 0 bridgehead atoms.